The molecule has 3 heteroatoms. The molecule has 0 fully saturated rings. The second-order valence-electron chi connectivity index (χ2n) is 4.24. The molecule has 0 aromatic heterocycles. The van der Waals surface area contributed by atoms with Crippen molar-refractivity contribution in [2.24, 2.45) is 0 Å². The van der Waals surface area contributed by atoms with Crippen molar-refractivity contribution < 1.29 is 9.47 Å². The zero-order valence-electron chi connectivity index (χ0n) is 11.6. The van der Waals surface area contributed by atoms with Crippen LogP contribution >= 0.6 is 0 Å². The lowest BCUT2D eigenvalue weighted by atomic mass is 10.2. The molecule has 0 saturated heterocycles. The third-order valence-electron chi connectivity index (χ3n) is 2.36. The van der Waals surface area contributed by atoms with E-state index < -0.39 is 0 Å². The summed E-state index contributed by atoms with van der Waals surface area (Å²) in [4.78, 5) is 0. The highest BCUT2D eigenvalue weighted by atomic mass is 16.5. The maximum atomic E-state index is 5.67. The van der Waals surface area contributed by atoms with Gasteiger partial charge in [-0.2, -0.15) is 0 Å². The molecular formula is C15H23NO2. The van der Waals surface area contributed by atoms with Gasteiger partial charge in [-0.05, 0) is 43.7 Å². The molecule has 0 aliphatic rings. The summed E-state index contributed by atoms with van der Waals surface area (Å²) in [6, 6.07) is 6.04. The number of ether oxygens (including phenoxy) is 2. The van der Waals surface area contributed by atoms with Crippen molar-refractivity contribution in [1.29, 1.82) is 0 Å². The molecule has 0 saturated carbocycles. The lowest BCUT2D eigenvalue weighted by Gasteiger charge is -2.13. The molecule has 1 N–H and O–H groups in total. The topological polar surface area (TPSA) is 30.5 Å². The van der Waals surface area contributed by atoms with Crippen LogP contribution < -0.4 is 14.8 Å². The van der Waals surface area contributed by atoms with E-state index in [1.165, 1.54) is 5.56 Å². The van der Waals surface area contributed by atoms with E-state index in [2.05, 4.69) is 24.9 Å². The minimum Gasteiger partial charge on any atom is -0.490 e. The van der Waals surface area contributed by atoms with Crippen LogP contribution in [0.3, 0.4) is 0 Å². The van der Waals surface area contributed by atoms with E-state index in [0.29, 0.717) is 13.2 Å². The molecule has 0 heterocycles. The highest BCUT2D eigenvalue weighted by Crippen LogP contribution is 2.28. The van der Waals surface area contributed by atoms with Gasteiger partial charge in [0.1, 0.15) is 6.61 Å². The fourth-order valence-corrected chi connectivity index (χ4v) is 1.52. The summed E-state index contributed by atoms with van der Waals surface area (Å²) in [7, 11) is 0. The average Bonchev–Trinajstić information content (AvgIpc) is 2.35. The largest absolute Gasteiger partial charge is 0.490 e. The van der Waals surface area contributed by atoms with Gasteiger partial charge >= 0.3 is 0 Å². The molecule has 0 spiro atoms. The van der Waals surface area contributed by atoms with Gasteiger partial charge in [-0.1, -0.05) is 19.6 Å². The average molecular weight is 249 g/mol. The summed E-state index contributed by atoms with van der Waals surface area (Å²) >= 11 is 0. The molecule has 0 bridgehead atoms. The van der Waals surface area contributed by atoms with Gasteiger partial charge < -0.3 is 14.8 Å². The van der Waals surface area contributed by atoms with Crippen molar-refractivity contribution in [2.45, 2.75) is 27.3 Å². The van der Waals surface area contributed by atoms with Crippen LogP contribution in [0.5, 0.6) is 11.5 Å². The Labute approximate surface area is 110 Å². The fraction of sp³-hybridized carbons (Fsp3) is 0.467. The summed E-state index contributed by atoms with van der Waals surface area (Å²) in [5.41, 5.74) is 2.19. The van der Waals surface area contributed by atoms with Crippen molar-refractivity contribution in [3.8, 4) is 11.5 Å². The first-order chi connectivity index (χ1) is 8.67. The van der Waals surface area contributed by atoms with Crippen molar-refractivity contribution >= 4 is 0 Å². The van der Waals surface area contributed by atoms with Gasteiger partial charge in [0.15, 0.2) is 11.5 Å². The minimum atomic E-state index is 0.520. The van der Waals surface area contributed by atoms with Gasteiger partial charge in [0.25, 0.3) is 0 Å². The lowest BCUT2D eigenvalue weighted by Crippen LogP contribution is -2.12. The van der Waals surface area contributed by atoms with Crippen molar-refractivity contribution in [3.05, 3.63) is 35.9 Å². The maximum Gasteiger partial charge on any atom is 0.161 e. The van der Waals surface area contributed by atoms with Crippen LogP contribution in [-0.4, -0.2) is 19.8 Å². The Morgan fingerprint density at radius 1 is 1.22 bits per heavy atom. The molecule has 3 nitrogen and oxygen atoms in total. The van der Waals surface area contributed by atoms with Crippen LogP contribution in [0, 0.1) is 0 Å². The monoisotopic (exact) mass is 249 g/mol. The highest BCUT2D eigenvalue weighted by molar-refractivity contribution is 5.43. The van der Waals surface area contributed by atoms with E-state index in [-0.39, 0.29) is 0 Å². The molecule has 0 unspecified atom stereocenters. The quantitative estimate of drug-likeness (QED) is 0.718. The Balaban J connectivity index is 2.78. The fourth-order valence-electron chi connectivity index (χ4n) is 1.52. The summed E-state index contributed by atoms with van der Waals surface area (Å²) in [6.45, 7) is 12.8. The SMILES string of the molecule is C=C(C)COc1ccc(CNCC)cc1OCC. The molecule has 18 heavy (non-hydrogen) atoms. The van der Waals surface area contributed by atoms with Crippen LogP contribution in [0.1, 0.15) is 26.3 Å². The molecule has 100 valence electrons. The first-order valence-electron chi connectivity index (χ1n) is 6.41. The molecule has 0 amide bonds. The number of hydrogen-bond acceptors (Lipinski definition) is 3. The molecule has 1 aromatic rings. The van der Waals surface area contributed by atoms with Crippen molar-refractivity contribution in [3.63, 3.8) is 0 Å². The summed E-state index contributed by atoms with van der Waals surface area (Å²) in [5, 5.41) is 3.29. The van der Waals surface area contributed by atoms with E-state index in [0.717, 1.165) is 30.2 Å². The zero-order chi connectivity index (χ0) is 13.4. The molecule has 0 radical (unpaired) electrons. The molecular weight excluding hydrogens is 226 g/mol. The third-order valence-corrected chi connectivity index (χ3v) is 2.36. The molecule has 1 rings (SSSR count). The minimum absolute atomic E-state index is 0.520. The summed E-state index contributed by atoms with van der Waals surface area (Å²) in [5.74, 6) is 1.58. The summed E-state index contributed by atoms with van der Waals surface area (Å²) in [6.07, 6.45) is 0. The molecule has 0 atom stereocenters. The van der Waals surface area contributed by atoms with Crippen LogP contribution in [0.25, 0.3) is 0 Å². The Kier molecular flexibility index (Phi) is 6.29. The van der Waals surface area contributed by atoms with Crippen molar-refractivity contribution in [1.82, 2.24) is 5.32 Å². The van der Waals surface area contributed by atoms with Gasteiger partial charge in [0.2, 0.25) is 0 Å². The second-order valence-corrected chi connectivity index (χ2v) is 4.24. The first kappa shape index (κ1) is 14.6. The normalized spacial score (nSPS) is 10.2. The van der Waals surface area contributed by atoms with Gasteiger partial charge in [-0.25, -0.2) is 0 Å². The van der Waals surface area contributed by atoms with Crippen LogP contribution in [0.2, 0.25) is 0 Å². The predicted octanol–water partition coefficient (Wildman–Crippen LogP) is 3.15. The van der Waals surface area contributed by atoms with Gasteiger partial charge in [0.05, 0.1) is 6.61 Å². The number of hydrogen-bond donors (Lipinski definition) is 1. The Morgan fingerprint density at radius 2 is 2.00 bits per heavy atom. The zero-order valence-corrected chi connectivity index (χ0v) is 11.6. The Bertz CT molecular complexity index is 388. The summed E-state index contributed by atoms with van der Waals surface area (Å²) < 4.78 is 11.3. The molecule has 1 aromatic carbocycles. The van der Waals surface area contributed by atoms with Crippen LogP contribution in [0.4, 0.5) is 0 Å². The Hall–Kier alpha value is -1.48. The molecule has 0 aliphatic heterocycles. The lowest BCUT2D eigenvalue weighted by molar-refractivity contribution is 0.293. The maximum absolute atomic E-state index is 5.67. The van der Waals surface area contributed by atoms with E-state index >= 15 is 0 Å². The predicted molar refractivity (Wildman–Crippen MR) is 75.3 cm³/mol. The smallest absolute Gasteiger partial charge is 0.161 e. The number of benzene rings is 1. The highest BCUT2D eigenvalue weighted by Gasteiger charge is 2.06. The van der Waals surface area contributed by atoms with Gasteiger partial charge in [-0.15, -0.1) is 0 Å². The number of rotatable bonds is 8. The van der Waals surface area contributed by atoms with E-state index in [1.807, 2.05) is 26.0 Å². The molecule has 0 aliphatic carbocycles. The van der Waals surface area contributed by atoms with Crippen LogP contribution in [0.15, 0.2) is 30.4 Å². The second kappa shape index (κ2) is 7.77. The van der Waals surface area contributed by atoms with Crippen LogP contribution in [-0.2, 0) is 6.54 Å². The first-order valence-corrected chi connectivity index (χ1v) is 6.41. The van der Waals surface area contributed by atoms with E-state index in [9.17, 15) is 0 Å². The standard InChI is InChI=1S/C15H23NO2/c1-5-16-10-13-7-8-14(18-11-12(3)4)15(9-13)17-6-2/h7-9,16H,3,5-6,10-11H2,1-2,4H3. The number of nitrogens with one attached hydrogen (secondary N) is 1. The van der Waals surface area contributed by atoms with E-state index in [4.69, 9.17) is 9.47 Å². The van der Waals surface area contributed by atoms with Gasteiger partial charge in [0, 0.05) is 6.54 Å². The van der Waals surface area contributed by atoms with E-state index in [1.54, 1.807) is 0 Å². The van der Waals surface area contributed by atoms with Crippen molar-refractivity contribution in [2.75, 3.05) is 19.8 Å². The Morgan fingerprint density at radius 3 is 2.61 bits per heavy atom. The van der Waals surface area contributed by atoms with Gasteiger partial charge in [-0.3, -0.25) is 0 Å². The third kappa shape index (κ3) is 4.80.